The van der Waals surface area contributed by atoms with Gasteiger partial charge in [-0.3, -0.25) is 0 Å². The molecule has 1 radical (unpaired) electrons. The van der Waals surface area contributed by atoms with E-state index in [1.165, 1.54) is 75.9 Å². The van der Waals surface area contributed by atoms with Crippen molar-refractivity contribution < 1.29 is 26.2 Å². The van der Waals surface area contributed by atoms with Gasteiger partial charge in [0, 0.05) is 26.2 Å². The summed E-state index contributed by atoms with van der Waals surface area (Å²) in [6.07, 6.45) is 15.4. The van der Waals surface area contributed by atoms with E-state index in [0.717, 1.165) is 5.92 Å². The number of hydrogen-bond donors (Lipinski definition) is 0. The van der Waals surface area contributed by atoms with Crippen molar-refractivity contribution in [2.75, 3.05) is 0 Å². The standard InChI is InChI=1S/C25H27.Zr/c1-17-11-18(2)13-22(12-17)23-10-9-19(3)24-15-21(16-25(23)24)14-20-7-5-4-6-8-20;/h9-14,16,20H,4-8H2,1-3H3;. The van der Waals surface area contributed by atoms with Crippen LogP contribution in [0.3, 0.4) is 0 Å². The minimum absolute atomic E-state index is 0. The number of hydrogen-bond acceptors (Lipinski definition) is 0. The molecular formula is C25H27Zr. The average molecular weight is 419 g/mol. The van der Waals surface area contributed by atoms with Crippen molar-refractivity contribution in [3.05, 3.63) is 69.1 Å². The molecule has 0 heterocycles. The first-order valence-corrected chi connectivity index (χ1v) is 9.66. The van der Waals surface area contributed by atoms with Gasteiger partial charge < -0.3 is 0 Å². The number of allylic oxidation sites excluding steroid dienone is 2. The monoisotopic (exact) mass is 417 g/mol. The number of aryl methyl sites for hydroxylation is 3. The van der Waals surface area contributed by atoms with E-state index in [-0.39, 0.29) is 26.2 Å². The number of fused-ring (bicyclic) bond motifs is 1. The van der Waals surface area contributed by atoms with Gasteiger partial charge in [-0.1, -0.05) is 66.8 Å². The van der Waals surface area contributed by atoms with Crippen LogP contribution in [0.5, 0.6) is 0 Å². The summed E-state index contributed by atoms with van der Waals surface area (Å²) >= 11 is 0. The third-order valence-corrected chi connectivity index (χ3v) is 5.62. The first-order chi connectivity index (χ1) is 12.1. The Kier molecular flexibility index (Phi) is 6.18. The Labute approximate surface area is 176 Å². The number of rotatable bonds is 2. The van der Waals surface area contributed by atoms with Crippen molar-refractivity contribution >= 4 is 12.2 Å². The molecule has 2 aliphatic carbocycles. The molecular weight excluding hydrogens is 391 g/mol. The van der Waals surface area contributed by atoms with Gasteiger partial charge in [0.05, 0.1) is 0 Å². The topological polar surface area (TPSA) is 0 Å². The molecule has 1 heteroatoms. The summed E-state index contributed by atoms with van der Waals surface area (Å²) in [6, 6.07) is 11.4. The van der Waals surface area contributed by atoms with Crippen LogP contribution < -0.4 is 10.4 Å². The molecule has 26 heavy (non-hydrogen) atoms. The molecule has 0 aliphatic heterocycles. The zero-order valence-electron chi connectivity index (χ0n) is 16.2. The maximum atomic E-state index is 3.69. The Hall–Kier alpha value is -1.20. The molecule has 0 bridgehead atoms. The second kappa shape index (κ2) is 8.22. The van der Waals surface area contributed by atoms with Crippen LogP contribution in [0.15, 0.2) is 42.0 Å². The molecule has 1 saturated carbocycles. The van der Waals surface area contributed by atoms with Gasteiger partial charge in [0.1, 0.15) is 0 Å². The van der Waals surface area contributed by atoms with E-state index in [1.807, 2.05) is 0 Å². The Balaban J connectivity index is 0.00000196. The Morgan fingerprint density at radius 2 is 1.62 bits per heavy atom. The van der Waals surface area contributed by atoms with E-state index in [0.29, 0.717) is 0 Å². The fraction of sp³-hybridized carbons (Fsp3) is 0.360. The summed E-state index contributed by atoms with van der Waals surface area (Å²) in [5.41, 5.74) is 7.94. The van der Waals surface area contributed by atoms with Crippen LogP contribution in [0.2, 0.25) is 0 Å². The van der Waals surface area contributed by atoms with Crippen LogP contribution in [0.4, 0.5) is 0 Å². The molecule has 2 aliphatic rings. The van der Waals surface area contributed by atoms with Crippen molar-refractivity contribution in [1.29, 1.82) is 0 Å². The van der Waals surface area contributed by atoms with E-state index in [4.69, 9.17) is 0 Å². The van der Waals surface area contributed by atoms with E-state index >= 15 is 0 Å². The van der Waals surface area contributed by atoms with Gasteiger partial charge in [-0.2, -0.15) is 0 Å². The second-order valence-corrected chi connectivity index (χ2v) is 7.88. The van der Waals surface area contributed by atoms with E-state index in [1.54, 1.807) is 0 Å². The van der Waals surface area contributed by atoms with E-state index < -0.39 is 0 Å². The molecule has 4 rings (SSSR count). The quantitative estimate of drug-likeness (QED) is 0.626. The largest absolute Gasteiger partial charge is 0.0735 e. The Morgan fingerprint density at radius 1 is 0.923 bits per heavy atom. The van der Waals surface area contributed by atoms with Crippen molar-refractivity contribution in [3.63, 3.8) is 0 Å². The Bertz CT molecular complexity index is 936. The molecule has 2 aromatic rings. The molecule has 0 saturated heterocycles. The maximum Gasteiger partial charge on any atom is 0 e. The Morgan fingerprint density at radius 3 is 2.31 bits per heavy atom. The zero-order valence-corrected chi connectivity index (χ0v) is 18.6. The third kappa shape index (κ3) is 4.04. The first kappa shape index (κ1) is 19.6. The zero-order chi connectivity index (χ0) is 17.4. The SMILES string of the molecule is Cc1cc(C)cc(-c2ccc(C)c3c2=CC(=CC2CCCCC2)[C]=3)c1.[Zr]. The van der Waals surface area contributed by atoms with Crippen molar-refractivity contribution in [2.24, 2.45) is 5.92 Å². The minimum atomic E-state index is 0. The van der Waals surface area contributed by atoms with Gasteiger partial charge >= 0.3 is 0 Å². The van der Waals surface area contributed by atoms with Crippen molar-refractivity contribution in [3.8, 4) is 11.1 Å². The summed E-state index contributed by atoms with van der Waals surface area (Å²) in [6.45, 7) is 6.57. The van der Waals surface area contributed by atoms with E-state index in [9.17, 15) is 0 Å². The molecule has 0 aromatic heterocycles. The van der Waals surface area contributed by atoms with Gasteiger partial charge in [-0.05, 0) is 84.4 Å². The molecule has 2 aromatic carbocycles. The van der Waals surface area contributed by atoms with Crippen LogP contribution in [-0.2, 0) is 26.2 Å². The molecule has 1 fully saturated rings. The van der Waals surface area contributed by atoms with Crippen LogP contribution >= 0.6 is 0 Å². The molecule has 0 N–H and O–H groups in total. The van der Waals surface area contributed by atoms with Gasteiger partial charge in [-0.15, -0.1) is 0 Å². The summed E-state index contributed by atoms with van der Waals surface area (Å²) in [7, 11) is 0. The molecule has 0 nitrogen and oxygen atoms in total. The van der Waals surface area contributed by atoms with Gasteiger partial charge in [0.15, 0.2) is 0 Å². The maximum absolute atomic E-state index is 3.69. The normalized spacial score (nSPS) is 18.0. The van der Waals surface area contributed by atoms with Gasteiger partial charge in [-0.25, -0.2) is 0 Å². The van der Waals surface area contributed by atoms with Crippen LogP contribution in [0, 0.1) is 26.7 Å². The predicted octanol–water partition coefficient (Wildman–Crippen LogP) is 5.23. The molecule has 0 unspecified atom stereocenters. The van der Waals surface area contributed by atoms with Crippen LogP contribution in [0.1, 0.15) is 48.8 Å². The molecule has 0 atom stereocenters. The first-order valence-electron chi connectivity index (χ1n) is 9.66. The fourth-order valence-corrected chi connectivity index (χ4v) is 4.41. The van der Waals surface area contributed by atoms with Crippen LogP contribution in [0.25, 0.3) is 23.3 Å². The summed E-state index contributed by atoms with van der Waals surface area (Å²) in [5.74, 6) is 0.742. The van der Waals surface area contributed by atoms with E-state index in [2.05, 4.69) is 69.3 Å². The minimum Gasteiger partial charge on any atom is -0.0735 e. The fourth-order valence-electron chi connectivity index (χ4n) is 4.41. The third-order valence-electron chi connectivity index (χ3n) is 5.62. The van der Waals surface area contributed by atoms with Gasteiger partial charge in [0.25, 0.3) is 0 Å². The molecule has 0 amide bonds. The van der Waals surface area contributed by atoms with Gasteiger partial charge in [0.2, 0.25) is 0 Å². The average Bonchev–Trinajstić information content (AvgIpc) is 2.99. The molecule has 0 spiro atoms. The predicted molar refractivity (Wildman–Crippen MR) is 108 cm³/mol. The van der Waals surface area contributed by atoms with Crippen molar-refractivity contribution in [2.45, 2.75) is 52.9 Å². The van der Waals surface area contributed by atoms with Crippen molar-refractivity contribution in [1.82, 2.24) is 0 Å². The summed E-state index contributed by atoms with van der Waals surface area (Å²) in [5, 5.41) is 2.64. The second-order valence-electron chi connectivity index (χ2n) is 7.88. The smallest absolute Gasteiger partial charge is 0 e. The van der Waals surface area contributed by atoms with Crippen LogP contribution in [-0.4, -0.2) is 0 Å². The molecule has 131 valence electrons. The number of benzene rings is 2. The summed E-state index contributed by atoms with van der Waals surface area (Å²) < 4.78 is 0. The summed E-state index contributed by atoms with van der Waals surface area (Å²) in [4.78, 5) is 0.